The number of anilines is 2. The van der Waals surface area contributed by atoms with Crippen LogP contribution >= 0.6 is 39.1 Å². The van der Waals surface area contributed by atoms with Crippen LogP contribution in [-0.2, 0) is 0 Å². The standard InChI is InChI=1S/C13H12BrCl2N3/c1-7(2)13-18-10(14)6-11(19-13)17-9-5-3-4-8(15)12(9)16/h3-7H,1-2H3,(H,17,18,19). The summed E-state index contributed by atoms with van der Waals surface area (Å²) in [5.41, 5.74) is 0.717. The SMILES string of the molecule is CC(C)c1nc(Br)cc(Nc2cccc(Cl)c2Cl)n1. The minimum Gasteiger partial charge on any atom is -0.339 e. The van der Waals surface area contributed by atoms with Gasteiger partial charge in [-0.3, -0.25) is 0 Å². The lowest BCUT2D eigenvalue weighted by molar-refractivity contribution is 0.771. The summed E-state index contributed by atoms with van der Waals surface area (Å²) in [5.74, 6) is 1.68. The van der Waals surface area contributed by atoms with E-state index in [0.717, 1.165) is 16.1 Å². The molecule has 0 fully saturated rings. The lowest BCUT2D eigenvalue weighted by Gasteiger charge is -2.11. The van der Waals surface area contributed by atoms with Crippen LogP contribution in [0.15, 0.2) is 28.9 Å². The quantitative estimate of drug-likeness (QED) is 0.743. The minimum atomic E-state index is 0.243. The Balaban J connectivity index is 2.35. The smallest absolute Gasteiger partial charge is 0.135 e. The van der Waals surface area contributed by atoms with Crippen molar-refractivity contribution in [1.82, 2.24) is 9.97 Å². The highest BCUT2D eigenvalue weighted by molar-refractivity contribution is 9.10. The summed E-state index contributed by atoms with van der Waals surface area (Å²) in [6, 6.07) is 7.21. The summed E-state index contributed by atoms with van der Waals surface area (Å²) in [6.07, 6.45) is 0. The fourth-order valence-electron chi connectivity index (χ4n) is 1.50. The molecule has 0 saturated heterocycles. The first-order chi connectivity index (χ1) is 8.97. The number of rotatable bonds is 3. The first-order valence-corrected chi connectivity index (χ1v) is 7.28. The Kier molecular flexibility index (Phi) is 4.66. The molecule has 0 unspecified atom stereocenters. The van der Waals surface area contributed by atoms with Crippen LogP contribution in [0.25, 0.3) is 0 Å². The van der Waals surface area contributed by atoms with Gasteiger partial charge in [-0.2, -0.15) is 0 Å². The van der Waals surface area contributed by atoms with Crippen LogP contribution in [0.1, 0.15) is 25.6 Å². The van der Waals surface area contributed by atoms with Gasteiger partial charge in [-0.1, -0.05) is 43.1 Å². The molecule has 0 saturated carbocycles. The number of halogens is 3. The van der Waals surface area contributed by atoms with E-state index in [2.05, 4.69) is 31.2 Å². The molecule has 6 heteroatoms. The van der Waals surface area contributed by atoms with Crippen molar-refractivity contribution in [1.29, 1.82) is 0 Å². The van der Waals surface area contributed by atoms with E-state index >= 15 is 0 Å². The van der Waals surface area contributed by atoms with Crippen LogP contribution in [-0.4, -0.2) is 9.97 Å². The lowest BCUT2D eigenvalue weighted by Crippen LogP contribution is -2.02. The second-order valence-corrected chi connectivity index (χ2v) is 5.91. The molecule has 1 N–H and O–H groups in total. The normalized spacial score (nSPS) is 10.8. The Morgan fingerprint density at radius 1 is 1.21 bits per heavy atom. The zero-order valence-electron chi connectivity index (χ0n) is 10.4. The summed E-state index contributed by atoms with van der Waals surface area (Å²) in [6.45, 7) is 4.08. The van der Waals surface area contributed by atoms with Crippen molar-refractivity contribution in [2.45, 2.75) is 19.8 Å². The molecule has 0 amide bonds. The zero-order chi connectivity index (χ0) is 14.0. The molecule has 3 nitrogen and oxygen atoms in total. The molecule has 0 atom stereocenters. The Hall–Kier alpha value is -0.840. The van der Waals surface area contributed by atoms with Crippen molar-refractivity contribution in [2.24, 2.45) is 0 Å². The molecule has 100 valence electrons. The molecular weight excluding hydrogens is 349 g/mol. The number of hydrogen-bond acceptors (Lipinski definition) is 3. The van der Waals surface area contributed by atoms with Crippen molar-refractivity contribution < 1.29 is 0 Å². The third kappa shape index (κ3) is 3.59. The van der Waals surface area contributed by atoms with E-state index in [1.165, 1.54) is 0 Å². The fraction of sp³-hybridized carbons (Fsp3) is 0.231. The number of nitrogens with one attached hydrogen (secondary N) is 1. The van der Waals surface area contributed by atoms with Gasteiger partial charge in [-0.05, 0) is 28.1 Å². The van der Waals surface area contributed by atoms with Crippen LogP contribution in [0.4, 0.5) is 11.5 Å². The highest BCUT2D eigenvalue weighted by atomic mass is 79.9. The first-order valence-electron chi connectivity index (χ1n) is 5.73. The third-order valence-electron chi connectivity index (χ3n) is 2.44. The second-order valence-electron chi connectivity index (χ2n) is 4.32. The van der Waals surface area contributed by atoms with Crippen molar-refractivity contribution in [3.05, 3.63) is 44.7 Å². The lowest BCUT2D eigenvalue weighted by atomic mass is 10.2. The maximum Gasteiger partial charge on any atom is 0.135 e. The first kappa shape index (κ1) is 14.6. The van der Waals surface area contributed by atoms with Gasteiger partial charge in [-0.25, -0.2) is 9.97 Å². The predicted octanol–water partition coefficient (Wildman–Crippen LogP) is 5.41. The van der Waals surface area contributed by atoms with E-state index in [1.807, 2.05) is 26.0 Å². The van der Waals surface area contributed by atoms with E-state index in [9.17, 15) is 0 Å². The predicted molar refractivity (Wildman–Crippen MR) is 83.6 cm³/mol. The Morgan fingerprint density at radius 2 is 1.95 bits per heavy atom. The summed E-state index contributed by atoms with van der Waals surface area (Å²) in [5, 5.41) is 4.13. The van der Waals surface area contributed by atoms with Gasteiger partial charge in [-0.15, -0.1) is 0 Å². The summed E-state index contributed by atoms with van der Waals surface area (Å²) in [4.78, 5) is 8.77. The van der Waals surface area contributed by atoms with Gasteiger partial charge < -0.3 is 5.32 Å². The Bertz CT molecular complexity index is 602. The van der Waals surface area contributed by atoms with E-state index in [0.29, 0.717) is 15.9 Å². The third-order valence-corrected chi connectivity index (χ3v) is 3.67. The second kappa shape index (κ2) is 6.07. The number of hydrogen-bond donors (Lipinski definition) is 1. The molecule has 2 aromatic rings. The number of aromatic nitrogens is 2. The van der Waals surface area contributed by atoms with Crippen molar-refractivity contribution in [3.8, 4) is 0 Å². The highest BCUT2D eigenvalue weighted by Gasteiger charge is 2.09. The van der Waals surface area contributed by atoms with Crippen molar-refractivity contribution in [2.75, 3.05) is 5.32 Å². The summed E-state index contributed by atoms with van der Waals surface area (Å²) < 4.78 is 0.729. The van der Waals surface area contributed by atoms with Gasteiger partial charge >= 0.3 is 0 Å². The van der Waals surface area contributed by atoms with Gasteiger partial charge in [0.25, 0.3) is 0 Å². The average molecular weight is 361 g/mol. The molecule has 0 aliphatic heterocycles. The number of nitrogens with zero attached hydrogens (tertiary/aromatic N) is 2. The van der Waals surface area contributed by atoms with Crippen LogP contribution in [0.5, 0.6) is 0 Å². The number of benzene rings is 1. The van der Waals surface area contributed by atoms with E-state index in [4.69, 9.17) is 23.2 Å². The monoisotopic (exact) mass is 359 g/mol. The van der Waals surface area contributed by atoms with Gasteiger partial charge in [0.15, 0.2) is 0 Å². The van der Waals surface area contributed by atoms with Crippen LogP contribution < -0.4 is 5.32 Å². The summed E-state index contributed by atoms with van der Waals surface area (Å²) >= 11 is 15.5. The van der Waals surface area contributed by atoms with Gasteiger partial charge in [0.2, 0.25) is 0 Å². The molecule has 1 aromatic heterocycles. The van der Waals surface area contributed by atoms with Crippen LogP contribution in [0, 0.1) is 0 Å². The van der Waals surface area contributed by atoms with E-state index in [-0.39, 0.29) is 5.92 Å². The van der Waals surface area contributed by atoms with Crippen molar-refractivity contribution >= 4 is 50.6 Å². The maximum absolute atomic E-state index is 6.14. The molecule has 0 aliphatic rings. The largest absolute Gasteiger partial charge is 0.339 e. The fourth-order valence-corrected chi connectivity index (χ4v) is 2.24. The maximum atomic E-state index is 6.14. The Labute approximate surface area is 130 Å². The van der Waals surface area contributed by atoms with Crippen molar-refractivity contribution in [3.63, 3.8) is 0 Å². The minimum absolute atomic E-state index is 0.243. The van der Waals surface area contributed by atoms with Gasteiger partial charge in [0.1, 0.15) is 16.2 Å². The van der Waals surface area contributed by atoms with Gasteiger partial charge in [0, 0.05) is 12.0 Å². The topological polar surface area (TPSA) is 37.8 Å². The highest BCUT2D eigenvalue weighted by Crippen LogP contribution is 2.31. The Morgan fingerprint density at radius 3 is 2.63 bits per heavy atom. The van der Waals surface area contributed by atoms with E-state index in [1.54, 1.807) is 12.1 Å². The molecule has 0 aliphatic carbocycles. The average Bonchev–Trinajstić information content (AvgIpc) is 2.34. The van der Waals surface area contributed by atoms with Crippen LogP contribution in [0.2, 0.25) is 10.0 Å². The van der Waals surface area contributed by atoms with Gasteiger partial charge in [0.05, 0.1) is 15.7 Å². The zero-order valence-corrected chi connectivity index (χ0v) is 13.5. The molecule has 1 aromatic carbocycles. The summed E-state index contributed by atoms with van der Waals surface area (Å²) in [7, 11) is 0. The molecule has 0 spiro atoms. The molecule has 2 rings (SSSR count). The van der Waals surface area contributed by atoms with E-state index < -0.39 is 0 Å². The molecule has 0 radical (unpaired) electrons. The molecule has 0 bridgehead atoms. The molecular formula is C13H12BrCl2N3. The molecule has 19 heavy (non-hydrogen) atoms. The molecule has 1 heterocycles. The van der Waals surface area contributed by atoms with Crippen LogP contribution in [0.3, 0.4) is 0 Å².